The summed E-state index contributed by atoms with van der Waals surface area (Å²) in [5.74, 6) is -0.742. The Morgan fingerprint density at radius 2 is 1.94 bits per heavy atom. The Balaban J connectivity index is 2.35. The van der Waals surface area contributed by atoms with Crippen LogP contribution >= 0.6 is 0 Å². The number of hydrogen-bond acceptors (Lipinski definition) is 3. The summed E-state index contributed by atoms with van der Waals surface area (Å²) in [7, 11) is 0. The fraction of sp³-hybridized carbons (Fsp3) is 0.0833. The third kappa shape index (κ3) is 2.11. The second-order valence-electron chi connectivity index (χ2n) is 3.42. The SMILES string of the molecule is Cc1cnc(C(=O)c2cccc(F)c2)nc1. The van der Waals surface area contributed by atoms with Crippen LogP contribution in [0.3, 0.4) is 0 Å². The molecule has 0 fully saturated rings. The summed E-state index contributed by atoms with van der Waals surface area (Å²) in [4.78, 5) is 19.6. The molecule has 0 spiro atoms. The van der Waals surface area contributed by atoms with Gasteiger partial charge < -0.3 is 0 Å². The Hall–Kier alpha value is -2.10. The highest BCUT2D eigenvalue weighted by Gasteiger charge is 2.12. The molecule has 2 rings (SSSR count). The molecule has 0 amide bonds. The van der Waals surface area contributed by atoms with Gasteiger partial charge in [-0.25, -0.2) is 14.4 Å². The van der Waals surface area contributed by atoms with Crippen LogP contribution in [0.25, 0.3) is 0 Å². The van der Waals surface area contributed by atoms with E-state index >= 15 is 0 Å². The predicted octanol–water partition coefficient (Wildman–Crippen LogP) is 2.16. The summed E-state index contributed by atoms with van der Waals surface area (Å²) in [6.45, 7) is 1.83. The van der Waals surface area contributed by atoms with Crippen molar-refractivity contribution in [2.75, 3.05) is 0 Å². The Labute approximate surface area is 92.0 Å². The molecule has 0 unspecified atom stereocenters. The van der Waals surface area contributed by atoms with Crippen LogP contribution in [0, 0.1) is 12.7 Å². The molecule has 1 heterocycles. The van der Waals surface area contributed by atoms with E-state index in [0.29, 0.717) is 0 Å². The smallest absolute Gasteiger partial charge is 0.230 e. The van der Waals surface area contributed by atoms with Gasteiger partial charge in [-0.1, -0.05) is 12.1 Å². The number of carbonyl (C=O) groups excluding carboxylic acids is 1. The number of nitrogens with zero attached hydrogens (tertiary/aromatic N) is 2. The number of aromatic nitrogens is 2. The van der Waals surface area contributed by atoms with Gasteiger partial charge in [0.1, 0.15) is 5.82 Å². The molecule has 0 saturated heterocycles. The zero-order valence-electron chi connectivity index (χ0n) is 8.64. The zero-order chi connectivity index (χ0) is 11.5. The van der Waals surface area contributed by atoms with Crippen LogP contribution in [0.2, 0.25) is 0 Å². The maximum Gasteiger partial charge on any atom is 0.230 e. The molecule has 0 bridgehead atoms. The number of aryl methyl sites for hydroxylation is 1. The second kappa shape index (κ2) is 4.18. The number of carbonyl (C=O) groups is 1. The van der Waals surface area contributed by atoms with E-state index in [0.717, 1.165) is 5.56 Å². The van der Waals surface area contributed by atoms with E-state index in [9.17, 15) is 9.18 Å². The molecule has 4 heteroatoms. The summed E-state index contributed by atoms with van der Waals surface area (Å²) >= 11 is 0. The van der Waals surface area contributed by atoms with Crippen molar-refractivity contribution in [3.05, 3.63) is 59.4 Å². The van der Waals surface area contributed by atoms with Gasteiger partial charge in [0.15, 0.2) is 0 Å². The van der Waals surface area contributed by atoms with E-state index in [4.69, 9.17) is 0 Å². The molecule has 1 aromatic heterocycles. The monoisotopic (exact) mass is 216 g/mol. The lowest BCUT2D eigenvalue weighted by Crippen LogP contribution is -2.07. The van der Waals surface area contributed by atoms with Crippen molar-refractivity contribution in [1.29, 1.82) is 0 Å². The minimum atomic E-state index is -0.446. The van der Waals surface area contributed by atoms with Gasteiger partial charge in [-0.3, -0.25) is 4.79 Å². The standard InChI is InChI=1S/C12H9FN2O/c1-8-6-14-12(15-7-8)11(16)9-3-2-4-10(13)5-9/h2-7H,1H3. The predicted molar refractivity (Wildman–Crippen MR) is 56.6 cm³/mol. The lowest BCUT2D eigenvalue weighted by atomic mass is 10.1. The number of halogens is 1. The molecular weight excluding hydrogens is 207 g/mol. The maximum atomic E-state index is 12.9. The van der Waals surface area contributed by atoms with Crippen LogP contribution in [0.4, 0.5) is 4.39 Å². The van der Waals surface area contributed by atoms with Gasteiger partial charge in [0.05, 0.1) is 0 Å². The van der Waals surface area contributed by atoms with Crippen LogP contribution in [-0.4, -0.2) is 15.8 Å². The van der Waals surface area contributed by atoms with E-state index in [1.54, 1.807) is 12.4 Å². The lowest BCUT2D eigenvalue weighted by Gasteiger charge is -1.99. The van der Waals surface area contributed by atoms with Gasteiger partial charge >= 0.3 is 0 Å². The van der Waals surface area contributed by atoms with E-state index < -0.39 is 5.82 Å². The highest BCUT2D eigenvalue weighted by Crippen LogP contribution is 2.08. The van der Waals surface area contributed by atoms with Crippen molar-refractivity contribution in [2.24, 2.45) is 0 Å². The largest absolute Gasteiger partial charge is 0.285 e. The van der Waals surface area contributed by atoms with E-state index in [1.165, 1.54) is 24.3 Å². The molecule has 3 nitrogen and oxygen atoms in total. The van der Waals surface area contributed by atoms with Gasteiger partial charge in [0.25, 0.3) is 0 Å². The Kier molecular flexibility index (Phi) is 2.72. The molecule has 1 aromatic carbocycles. The fourth-order valence-corrected chi connectivity index (χ4v) is 1.27. The first kappa shape index (κ1) is 10.4. The number of rotatable bonds is 2. The van der Waals surface area contributed by atoms with Gasteiger partial charge in [-0.15, -0.1) is 0 Å². The molecule has 16 heavy (non-hydrogen) atoms. The van der Waals surface area contributed by atoms with Crippen LogP contribution in [0.1, 0.15) is 21.7 Å². The summed E-state index contributed by atoms with van der Waals surface area (Å²) in [5, 5.41) is 0. The quantitative estimate of drug-likeness (QED) is 0.722. The molecule has 0 aliphatic heterocycles. The van der Waals surface area contributed by atoms with Crippen LogP contribution < -0.4 is 0 Å². The van der Waals surface area contributed by atoms with Gasteiger partial charge in [0.2, 0.25) is 11.6 Å². The molecule has 0 aliphatic rings. The first-order valence-corrected chi connectivity index (χ1v) is 4.76. The van der Waals surface area contributed by atoms with Crippen molar-refractivity contribution < 1.29 is 9.18 Å². The molecule has 0 N–H and O–H groups in total. The Morgan fingerprint density at radius 1 is 1.25 bits per heavy atom. The molecule has 0 saturated carbocycles. The first-order chi connectivity index (χ1) is 7.66. The molecule has 0 aliphatic carbocycles. The minimum Gasteiger partial charge on any atom is -0.285 e. The van der Waals surface area contributed by atoms with Crippen LogP contribution in [0.15, 0.2) is 36.7 Å². The highest BCUT2D eigenvalue weighted by atomic mass is 19.1. The van der Waals surface area contributed by atoms with Gasteiger partial charge in [-0.05, 0) is 24.6 Å². The molecule has 0 radical (unpaired) electrons. The fourth-order valence-electron chi connectivity index (χ4n) is 1.27. The third-order valence-electron chi connectivity index (χ3n) is 2.07. The molecule has 0 atom stereocenters. The van der Waals surface area contributed by atoms with Crippen molar-refractivity contribution in [2.45, 2.75) is 6.92 Å². The van der Waals surface area contributed by atoms with Crippen molar-refractivity contribution in [3.63, 3.8) is 0 Å². The molecule has 2 aromatic rings. The van der Waals surface area contributed by atoms with E-state index in [-0.39, 0.29) is 17.2 Å². The summed E-state index contributed by atoms with van der Waals surface area (Å²) in [6, 6.07) is 5.48. The number of benzene rings is 1. The van der Waals surface area contributed by atoms with Gasteiger partial charge in [0, 0.05) is 18.0 Å². The molecule has 80 valence electrons. The maximum absolute atomic E-state index is 12.9. The molecular formula is C12H9FN2O. The van der Waals surface area contributed by atoms with Crippen LogP contribution in [0.5, 0.6) is 0 Å². The summed E-state index contributed by atoms with van der Waals surface area (Å²) in [5.41, 5.74) is 1.12. The minimum absolute atomic E-state index is 0.0798. The van der Waals surface area contributed by atoms with Gasteiger partial charge in [-0.2, -0.15) is 0 Å². The Bertz CT molecular complexity index is 523. The highest BCUT2D eigenvalue weighted by molar-refractivity contribution is 6.06. The van der Waals surface area contributed by atoms with Crippen molar-refractivity contribution in [3.8, 4) is 0 Å². The second-order valence-corrected chi connectivity index (χ2v) is 3.42. The average Bonchev–Trinajstić information content (AvgIpc) is 2.29. The third-order valence-corrected chi connectivity index (χ3v) is 2.07. The normalized spacial score (nSPS) is 10.1. The summed E-state index contributed by atoms with van der Waals surface area (Å²) in [6.07, 6.45) is 3.11. The van der Waals surface area contributed by atoms with Crippen molar-refractivity contribution >= 4 is 5.78 Å². The summed E-state index contributed by atoms with van der Waals surface area (Å²) < 4.78 is 12.9. The van der Waals surface area contributed by atoms with Crippen molar-refractivity contribution in [1.82, 2.24) is 9.97 Å². The van der Waals surface area contributed by atoms with E-state index in [2.05, 4.69) is 9.97 Å². The first-order valence-electron chi connectivity index (χ1n) is 4.76. The number of ketones is 1. The topological polar surface area (TPSA) is 42.9 Å². The van der Waals surface area contributed by atoms with Crippen LogP contribution in [-0.2, 0) is 0 Å². The number of hydrogen-bond donors (Lipinski definition) is 0. The average molecular weight is 216 g/mol. The Morgan fingerprint density at radius 3 is 2.56 bits per heavy atom. The zero-order valence-corrected chi connectivity index (χ0v) is 8.64. The lowest BCUT2D eigenvalue weighted by molar-refractivity contribution is 0.102. The van der Waals surface area contributed by atoms with E-state index in [1.807, 2.05) is 6.92 Å².